The highest BCUT2D eigenvalue weighted by atomic mass is 15.2. The Hall–Kier alpha value is -1.44. The Kier molecular flexibility index (Phi) is 3.50. The summed E-state index contributed by atoms with van der Waals surface area (Å²) in [6, 6.07) is 6.47. The lowest BCUT2D eigenvalue weighted by Crippen LogP contribution is -2.48. The van der Waals surface area contributed by atoms with E-state index in [1.54, 1.807) is 6.20 Å². The van der Waals surface area contributed by atoms with Gasteiger partial charge in [-0.25, -0.2) is 4.98 Å². The van der Waals surface area contributed by atoms with Crippen LogP contribution >= 0.6 is 0 Å². The van der Waals surface area contributed by atoms with Crippen molar-refractivity contribution in [3.8, 4) is 6.07 Å². The Bertz CT molecular complexity index is 396. The van der Waals surface area contributed by atoms with Crippen molar-refractivity contribution in [2.75, 3.05) is 19.6 Å². The predicted molar refractivity (Wildman–Crippen MR) is 61.7 cm³/mol. The van der Waals surface area contributed by atoms with Gasteiger partial charge in [0.2, 0.25) is 0 Å². The molecule has 1 aromatic rings. The van der Waals surface area contributed by atoms with E-state index in [1.807, 2.05) is 12.1 Å². The van der Waals surface area contributed by atoms with Crippen LogP contribution < -0.4 is 5.32 Å². The zero-order valence-corrected chi connectivity index (χ0v) is 9.48. The molecule has 0 bridgehead atoms. The Morgan fingerprint density at radius 3 is 3.31 bits per heavy atom. The number of piperazine rings is 1. The van der Waals surface area contributed by atoms with Crippen LogP contribution in [0.5, 0.6) is 0 Å². The number of pyridine rings is 1. The molecule has 1 fully saturated rings. The van der Waals surface area contributed by atoms with Crippen LogP contribution in [0.3, 0.4) is 0 Å². The second kappa shape index (κ2) is 5.06. The number of nitrogens with one attached hydrogen (secondary N) is 1. The minimum atomic E-state index is 0.501. The lowest BCUT2D eigenvalue weighted by atomic mass is 10.2. The summed E-state index contributed by atoms with van der Waals surface area (Å²) < 4.78 is 0. The van der Waals surface area contributed by atoms with E-state index in [0.717, 1.165) is 26.2 Å². The molecule has 1 aromatic heterocycles. The van der Waals surface area contributed by atoms with E-state index in [1.165, 1.54) is 5.56 Å². The minimum absolute atomic E-state index is 0.501. The molecule has 2 heterocycles. The summed E-state index contributed by atoms with van der Waals surface area (Å²) in [5.41, 5.74) is 1.67. The van der Waals surface area contributed by atoms with Gasteiger partial charge in [0.1, 0.15) is 11.8 Å². The molecule has 2 rings (SSSR count). The molecule has 1 atom stereocenters. The molecular weight excluding hydrogens is 200 g/mol. The first-order valence-corrected chi connectivity index (χ1v) is 5.58. The molecule has 4 nitrogen and oxygen atoms in total. The predicted octanol–water partition coefficient (Wildman–Crippen LogP) is 0.747. The average molecular weight is 216 g/mol. The SMILES string of the molecule is C[C@H]1CN(Cc2ccnc(C#N)c2)CCN1. The molecule has 0 radical (unpaired) electrons. The molecule has 0 unspecified atom stereocenters. The van der Waals surface area contributed by atoms with Crippen molar-refractivity contribution in [1.82, 2.24) is 15.2 Å². The molecule has 0 spiro atoms. The third-order valence-corrected chi connectivity index (χ3v) is 2.80. The van der Waals surface area contributed by atoms with Crippen molar-refractivity contribution < 1.29 is 0 Å². The average Bonchev–Trinajstić information content (AvgIpc) is 2.29. The fraction of sp³-hybridized carbons (Fsp3) is 0.500. The molecule has 1 saturated heterocycles. The topological polar surface area (TPSA) is 52.0 Å². The van der Waals surface area contributed by atoms with Crippen LogP contribution in [-0.2, 0) is 6.54 Å². The van der Waals surface area contributed by atoms with Crippen LogP contribution in [0.25, 0.3) is 0 Å². The molecule has 4 heteroatoms. The number of hydrogen-bond donors (Lipinski definition) is 1. The van der Waals surface area contributed by atoms with Crippen LogP contribution in [0.1, 0.15) is 18.2 Å². The molecule has 1 aliphatic heterocycles. The van der Waals surface area contributed by atoms with Gasteiger partial charge < -0.3 is 5.32 Å². The largest absolute Gasteiger partial charge is 0.312 e. The van der Waals surface area contributed by atoms with E-state index in [2.05, 4.69) is 28.2 Å². The maximum atomic E-state index is 8.77. The fourth-order valence-electron chi connectivity index (χ4n) is 2.05. The molecule has 1 aliphatic rings. The number of rotatable bonds is 2. The fourth-order valence-corrected chi connectivity index (χ4v) is 2.05. The van der Waals surface area contributed by atoms with E-state index in [0.29, 0.717) is 11.7 Å². The van der Waals surface area contributed by atoms with E-state index in [-0.39, 0.29) is 0 Å². The molecule has 1 N–H and O–H groups in total. The Morgan fingerprint density at radius 1 is 1.69 bits per heavy atom. The quantitative estimate of drug-likeness (QED) is 0.792. The van der Waals surface area contributed by atoms with Crippen molar-refractivity contribution >= 4 is 0 Å². The van der Waals surface area contributed by atoms with Crippen LogP contribution in [-0.4, -0.2) is 35.6 Å². The smallest absolute Gasteiger partial charge is 0.140 e. The number of nitriles is 1. The first kappa shape index (κ1) is 11.1. The summed E-state index contributed by atoms with van der Waals surface area (Å²) in [6.07, 6.45) is 1.71. The first-order chi connectivity index (χ1) is 7.78. The van der Waals surface area contributed by atoms with Gasteiger partial charge in [-0.1, -0.05) is 0 Å². The Morgan fingerprint density at radius 2 is 2.56 bits per heavy atom. The summed E-state index contributed by atoms with van der Waals surface area (Å²) in [6.45, 7) is 6.26. The highest BCUT2D eigenvalue weighted by Crippen LogP contribution is 2.08. The highest BCUT2D eigenvalue weighted by molar-refractivity contribution is 5.25. The lowest BCUT2D eigenvalue weighted by Gasteiger charge is -2.31. The zero-order valence-electron chi connectivity index (χ0n) is 9.48. The van der Waals surface area contributed by atoms with E-state index >= 15 is 0 Å². The maximum Gasteiger partial charge on any atom is 0.140 e. The molecule has 0 aliphatic carbocycles. The normalized spacial score (nSPS) is 21.6. The van der Waals surface area contributed by atoms with Crippen LogP contribution in [0, 0.1) is 11.3 Å². The molecule has 16 heavy (non-hydrogen) atoms. The van der Waals surface area contributed by atoms with Gasteiger partial charge in [0.15, 0.2) is 0 Å². The van der Waals surface area contributed by atoms with E-state index in [9.17, 15) is 0 Å². The standard InChI is InChI=1S/C12H16N4/c1-10-8-16(5-4-14-10)9-11-2-3-15-12(6-11)7-13/h2-3,6,10,14H,4-5,8-9H2,1H3/t10-/m0/s1. The molecule has 0 aromatic carbocycles. The van der Waals surface area contributed by atoms with Gasteiger partial charge in [0, 0.05) is 38.4 Å². The van der Waals surface area contributed by atoms with Gasteiger partial charge in [0.25, 0.3) is 0 Å². The van der Waals surface area contributed by atoms with Crippen molar-refractivity contribution in [3.63, 3.8) is 0 Å². The van der Waals surface area contributed by atoms with E-state index < -0.39 is 0 Å². The van der Waals surface area contributed by atoms with E-state index in [4.69, 9.17) is 5.26 Å². The van der Waals surface area contributed by atoms with Gasteiger partial charge in [0.05, 0.1) is 0 Å². The summed E-state index contributed by atoms with van der Waals surface area (Å²) >= 11 is 0. The van der Waals surface area contributed by atoms with Gasteiger partial charge in [-0.05, 0) is 24.6 Å². The molecule has 0 saturated carbocycles. The van der Waals surface area contributed by atoms with Crippen LogP contribution in [0.4, 0.5) is 0 Å². The first-order valence-electron chi connectivity index (χ1n) is 5.58. The van der Waals surface area contributed by atoms with Gasteiger partial charge in [-0.15, -0.1) is 0 Å². The molecular formula is C12H16N4. The van der Waals surface area contributed by atoms with Gasteiger partial charge >= 0.3 is 0 Å². The molecule has 0 amide bonds. The molecule has 84 valence electrons. The van der Waals surface area contributed by atoms with Gasteiger partial charge in [-0.3, -0.25) is 4.90 Å². The number of aromatic nitrogens is 1. The third-order valence-electron chi connectivity index (χ3n) is 2.80. The maximum absolute atomic E-state index is 8.77. The number of hydrogen-bond acceptors (Lipinski definition) is 4. The van der Waals surface area contributed by atoms with Crippen molar-refractivity contribution in [2.45, 2.75) is 19.5 Å². The number of nitrogens with zero attached hydrogens (tertiary/aromatic N) is 3. The van der Waals surface area contributed by atoms with Crippen LogP contribution in [0.2, 0.25) is 0 Å². The summed E-state index contributed by atoms with van der Waals surface area (Å²) in [7, 11) is 0. The minimum Gasteiger partial charge on any atom is -0.312 e. The Balaban J connectivity index is 2.00. The second-order valence-corrected chi connectivity index (χ2v) is 4.25. The van der Waals surface area contributed by atoms with Crippen molar-refractivity contribution in [2.24, 2.45) is 0 Å². The zero-order chi connectivity index (χ0) is 11.4. The van der Waals surface area contributed by atoms with Crippen LogP contribution in [0.15, 0.2) is 18.3 Å². The highest BCUT2D eigenvalue weighted by Gasteiger charge is 2.15. The summed E-state index contributed by atoms with van der Waals surface area (Å²) in [4.78, 5) is 6.37. The Labute approximate surface area is 95.9 Å². The van der Waals surface area contributed by atoms with Crippen molar-refractivity contribution in [1.29, 1.82) is 5.26 Å². The lowest BCUT2D eigenvalue weighted by molar-refractivity contribution is 0.199. The monoisotopic (exact) mass is 216 g/mol. The third kappa shape index (κ3) is 2.78. The second-order valence-electron chi connectivity index (χ2n) is 4.25. The summed E-state index contributed by atoms with van der Waals surface area (Å²) in [5.74, 6) is 0. The summed E-state index contributed by atoms with van der Waals surface area (Å²) in [5, 5.41) is 12.2. The van der Waals surface area contributed by atoms with Gasteiger partial charge in [-0.2, -0.15) is 5.26 Å². The van der Waals surface area contributed by atoms with Crippen molar-refractivity contribution in [3.05, 3.63) is 29.6 Å².